The molecule has 0 saturated carbocycles. The highest BCUT2D eigenvalue weighted by Crippen LogP contribution is 2.58. The summed E-state index contributed by atoms with van der Waals surface area (Å²) in [5.41, 5.74) is 6.69. The Morgan fingerprint density at radius 1 is 0.608 bits per heavy atom. The summed E-state index contributed by atoms with van der Waals surface area (Å²) in [6.45, 7) is 4.59. The zero-order valence-corrected chi connectivity index (χ0v) is 31.8. The smallest absolute Gasteiger partial charge is 0.178 e. The Hall–Kier alpha value is -4.30. The second-order valence-corrected chi connectivity index (χ2v) is 17.1. The molecule has 0 atom stereocenters. The molecule has 0 fully saturated rings. The van der Waals surface area contributed by atoms with Crippen LogP contribution in [-0.4, -0.2) is 0 Å². The van der Waals surface area contributed by atoms with Gasteiger partial charge >= 0.3 is 0 Å². The summed E-state index contributed by atoms with van der Waals surface area (Å²) in [6.07, 6.45) is 4.45. The van der Waals surface area contributed by atoms with Gasteiger partial charge in [0.05, 0.1) is 0 Å². The molecule has 0 unspecified atom stereocenters. The average Bonchev–Trinajstić information content (AvgIpc) is 3.38. The van der Waals surface area contributed by atoms with Gasteiger partial charge in [-0.3, -0.25) is 0 Å². The molecule has 9 rings (SSSR count). The van der Waals surface area contributed by atoms with Crippen molar-refractivity contribution < 1.29 is 9.13 Å². The SMILES string of the molecule is CC1(C)c2cc(I)ccc2-c2c1c1c(c3cc(F)ccc23)OC(c2ccc(Sc3ccccc3)cc2)(c2ccc(Sc3ccccc3)cc2)C=C1. The van der Waals surface area contributed by atoms with E-state index < -0.39 is 5.60 Å². The molecule has 7 aromatic rings. The normalized spacial score (nSPS) is 14.8. The van der Waals surface area contributed by atoms with Crippen LogP contribution in [0.3, 0.4) is 0 Å². The zero-order valence-electron chi connectivity index (χ0n) is 28.0. The number of ether oxygens (including phenoxy) is 1. The highest BCUT2D eigenvalue weighted by Gasteiger charge is 2.44. The molecule has 7 aromatic carbocycles. The number of hydrogen-bond acceptors (Lipinski definition) is 3. The molecule has 0 bridgehead atoms. The van der Waals surface area contributed by atoms with Crippen LogP contribution in [0, 0.1) is 9.39 Å². The first-order chi connectivity index (χ1) is 24.8. The molecule has 248 valence electrons. The van der Waals surface area contributed by atoms with Crippen LogP contribution in [0.1, 0.15) is 41.7 Å². The summed E-state index contributed by atoms with van der Waals surface area (Å²) in [5, 5.41) is 1.79. The largest absolute Gasteiger partial charge is 0.472 e. The third-order valence-corrected chi connectivity index (χ3v) is 12.8. The first kappa shape index (κ1) is 32.6. The van der Waals surface area contributed by atoms with Gasteiger partial charge in [-0.1, -0.05) is 116 Å². The second kappa shape index (κ2) is 12.7. The summed E-state index contributed by atoms with van der Waals surface area (Å²) < 4.78 is 23.9. The van der Waals surface area contributed by atoms with Crippen molar-refractivity contribution in [1.82, 2.24) is 0 Å². The first-order valence-corrected chi connectivity index (χ1v) is 19.7. The van der Waals surface area contributed by atoms with Crippen molar-refractivity contribution in [2.45, 2.75) is 44.4 Å². The van der Waals surface area contributed by atoms with Gasteiger partial charge in [0.2, 0.25) is 0 Å². The molecular weight excluding hydrogens is 779 g/mol. The summed E-state index contributed by atoms with van der Waals surface area (Å²) in [5.74, 6) is 0.435. The molecular formula is C46H32FIOS2. The van der Waals surface area contributed by atoms with Gasteiger partial charge in [-0.25, -0.2) is 4.39 Å². The van der Waals surface area contributed by atoms with Crippen LogP contribution in [0.15, 0.2) is 171 Å². The molecule has 5 heteroatoms. The summed E-state index contributed by atoms with van der Waals surface area (Å²) in [4.78, 5) is 4.67. The highest BCUT2D eigenvalue weighted by atomic mass is 127. The lowest BCUT2D eigenvalue weighted by Gasteiger charge is -2.38. The van der Waals surface area contributed by atoms with E-state index in [1.807, 2.05) is 18.2 Å². The topological polar surface area (TPSA) is 9.23 Å². The van der Waals surface area contributed by atoms with E-state index in [9.17, 15) is 0 Å². The van der Waals surface area contributed by atoms with E-state index in [1.54, 1.807) is 35.7 Å². The monoisotopic (exact) mass is 810 g/mol. The van der Waals surface area contributed by atoms with E-state index in [4.69, 9.17) is 4.74 Å². The van der Waals surface area contributed by atoms with Gasteiger partial charge in [0.15, 0.2) is 5.60 Å². The molecule has 51 heavy (non-hydrogen) atoms. The maximum atomic E-state index is 15.3. The van der Waals surface area contributed by atoms with Gasteiger partial charge in [-0.05, 0) is 129 Å². The molecule has 0 radical (unpaired) electrons. The number of halogens is 2. The van der Waals surface area contributed by atoms with Crippen LogP contribution in [0.5, 0.6) is 5.75 Å². The summed E-state index contributed by atoms with van der Waals surface area (Å²) in [7, 11) is 0. The molecule has 2 aliphatic rings. The average molecular weight is 811 g/mol. The minimum absolute atomic E-state index is 0.279. The molecule has 1 nitrogen and oxygen atoms in total. The van der Waals surface area contributed by atoms with Crippen molar-refractivity contribution in [1.29, 1.82) is 0 Å². The van der Waals surface area contributed by atoms with Crippen LogP contribution in [0.4, 0.5) is 4.39 Å². The standard InChI is InChI=1S/C46H32FIOS2/c1-45(2)41-28-32(48)18-24-38(41)42-37-23-17-31(47)27-40(37)44-39(43(42)45)25-26-46(49-44,29-13-19-35(20-14-29)50-33-9-5-3-6-10-33)30-15-21-36(22-16-30)51-34-11-7-4-8-12-34/h3-28H,1-2H3. The van der Waals surface area contributed by atoms with Crippen LogP contribution in [0.2, 0.25) is 0 Å². The van der Waals surface area contributed by atoms with Crippen molar-refractivity contribution in [3.05, 3.63) is 189 Å². The zero-order chi connectivity index (χ0) is 34.7. The van der Waals surface area contributed by atoms with Crippen molar-refractivity contribution in [3.8, 4) is 16.9 Å². The number of rotatable bonds is 6. The minimum Gasteiger partial charge on any atom is -0.472 e. The van der Waals surface area contributed by atoms with E-state index in [0.29, 0.717) is 5.75 Å². The Balaban J connectivity index is 1.22. The van der Waals surface area contributed by atoms with Crippen LogP contribution in [0.25, 0.3) is 28.0 Å². The Kier molecular flexibility index (Phi) is 8.14. The molecule has 1 heterocycles. The number of hydrogen-bond donors (Lipinski definition) is 0. The minimum atomic E-state index is -0.947. The van der Waals surface area contributed by atoms with Crippen molar-refractivity contribution >= 4 is 63.0 Å². The van der Waals surface area contributed by atoms with Gasteiger partial charge in [0.25, 0.3) is 0 Å². The van der Waals surface area contributed by atoms with E-state index in [2.05, 4.69) is 164 Å². The lowest BCUT2D eigenvalue weighted by atomic mass is 9.77. The van der Waals surface area contributed by atoms with Crippen LogP contribution < -0.4 is 4.74 Å². The molecule has 0 amide bonds. The fourth-order valence-electron chi connectivity index (χ4n) is 7.70. The van der Waals surface area contributed by atoms with Gasteiger partial charge < -0.3 is 4.74 Å². The lowest BCUT2D eigenvalue weighted by molar-refractivity contribution is 0.163. The molecule has 0 N–H and O–H groups in total. The molecule has 1 aliphatic carbocycles. The number of benzene rings is 7. The Morgan fingerprint density at radius 2 is 1.18 bits per heavy atom. The quantitative estimate of drug-likeness (QED) is 0.155. The third-order valence-electron chi connectivity index (χ3n) is 10.1. The summed E-state index contributed by atoms with van der Waals surface area (Å²) in [6, 6.07) is 50.0. The van der Waals surface area contributed by atoms with Crippen LogP contribution in [-0.2, 0) is 11.0 Å². The van der Waals surface area contributed by atoms with Crippen molar-refractivity contribution in [2.24, 2.45) is 0 Å². The van der Waals surface area contributed by atoms with E-state index in [0.717, 1.165) is 37.3 Å². The maximum absolute atomic E-state index is 15.3. The lowest BCUT2D eigenvalue weighted by Crippen LogP contribution is -2.35. The van der Waals surface area contributed by atoms with Gasteiger partial charge in [-0.15, -0.1) is 0 Å². The summed E-state index contributed by atoms with van der Waals surface area (Å²) >= 11 is 5.87. The Morgan fingerprint density at radius 3 is 1.76 bits per heavy atom. The molecule has 1 aliphatic heterocycles. The van der Waals surface area contributed by atoms with Crippen LogP contribution >= 0.6 is 46.1 Å². The fraction of sp³-hybridized carbons (Fsp3) is 0.0870. The third kappa shape index (κ3) is 5.61. The highest BCUT2D eigenvalue weighted by molar-refractivity contribution is 14.1. The number of fused-ring (bicyclic) bond motifs is 8. The van der Waals surface area contributed by atoms with E-state index in [-0.39, 0.29) is 11.2 Å². The van der Waals surface area contributed by atoms with Gasteiger partial charge in [0.1, 0.15) is 11.6 Å². The second-order valence-electron chi connectivity index (χ2n) is 13.5. The predicted molar refractivity (Wildman–Crippen MR) is 219 cm³/mol. The van der Waals surface area contributed by atoms with Gasteiger partial charge in [0, 0.05) is 50.6 Å². The molecule has 0 saturated heterocycles. The van der Waals surface area contributed by atoms with Crippen molar-refractivity contribution in [3.63, 3.8) is 0 Å². The fourth-order valence-corrected chi connectivity index (χ4v) is 9.86. The van der Waals surface area contributed by atoms with E-state index in [1.165, 1.54) is 35.6 Å². The van der Waals surface area contributed by atoms with Crippen molar-refractivity contribution in [2.75, 3.05) is 0 Å². The first-order valence-electron chi connectivity index (χ1n) is 17.0. The predicted octanol–water partition coefficient (Wildman–Crippen LogP) is 13.5. The molecule has 0 spiro atoms. The molecule has 0 aromatic heterocycles. The Labute approximate surface area is 320 Å². The van der Waals surface area contributed by atoms with E-state index >= 15 is 4.39 Å². The van der Waals surface area contributed by atoms with Gasteiger partial charge in [-0.2, -0.15) is 0 Å². The maximum Gasteiger partial charge on any atom is 0.178 e. The Bertz CT molecular complexity index is 2390.